The normalized spacial score (nSPS) is 10.9. The molecule has 0 bridgehead atoms. The number of anilines is 2. The average Bonchev–Trinajstić information content (AvgIpc) is 3.01. The lowest BCUT2D eigenvalue weighted by Crippen LogP contribution is -2.14. The summed E-state index contributed by atoms with van der Waals surface area (Å²) in [7, 11) is 1.63. The lowest BCUT2D eigenvalue weighted by molar-refractivity contribution is -0.116. The molecule has 0 fully saturated rings. The van der Waals surface area contributed by atoms with Crippen LogP contribution in [0.4, 0.5) is 11.4 Å². The van der Waals surface area contributed by atoms with Gasteiger partial charge in [0.05, 0.1) is 23.9 Å². The Labute approximate surface area is 249 Å². The minimum Gasteiger partial charge on any atom is -0.497 e. The van der Waals surface area contributed by atoms with Gasteiger partial charge in [-0.15, -0.1) is 0 Å². The number of ether oxygens (including phenoxy) is 1. The van der Waals surface area contributed by atoms with Crippen LogP contribution in [0.1, 0.15) is 87.1 Å². The molecule has 0 aliphatic rings. The summed E-state index contributed by atoms with van der Waals surface area (Å²) in [6.45, 7) is 4.24. The third-order valence-corrected chi connectivity index (χ3v) is 7.61. The first-order chi connectivity index (χ1) is 20.5. The maximum Gasteiger partial charge on any atom is 0.256 e. The Morgan fingerprint density at radius 3 is 2.02 bits per heavy atom. The van der Waals surface area contributed by atoms with Gasteiger partial charge >= 0.3 is 0 Å². The summed E-state index contributed by atoms with van der Waals surface area (Å²) in [5.41, 5.74) is 5.33. The van der Waals surface area contributed by atoms with Crippen LogP contribution in [0.2, 0.25) is 0 Å². The number of methoxy groups -OCH3 is 1. The van der Waals surface area contributed by atoms with Gasteiger partial charge in [0.1, 0.15) is 5.75 Å². The number of rotatable bonds is 15. The van der Waals surface area contributed by atoms with E-state index in [1.165, 1.54) is 44.9 Å². The third kappa shape index (κ3) is 8.65. The van der Waals surface area contributed by atoms with Crippen LogP contribution < -0.4 is 15.4 Å². The van der Waals surface area contributed by atoms with Crippen LogP contribution in [-0.4, -0.2) is 23.9 Å². The monoisotopic (exact) mass is 565 g/mol. The van der Waals surface area contributed by atoms with E-state index in [0.717, 1.165) is 52.0 Å². The van der Waals surface area contributed by atoms with Crippen molar-refractivity contribution in [2.75, 3.05) is 17.7 Å². The fourth-order valence-electron chi connectivity index (χ4n) is 5.14. The van der Waals surface area contributed by atoms with Crippen molar-refractivity contribution in [1.82, 2.24) is 4.98 Å². The fraction of sp³-hybridized carbons (Fsp3) is 0.361. The third-order valence-electron chi connectivity index (χ3n) is 7.61. The van der Waals surface area contributed by atoms with Crippen molar-refractivity contribution in [1.29, 1.82) is 0 Å². The van der Waals surface area contributed by atoms with E-state index in [2.05, 4.69) is 17.6 Å². The van der Waals surface area contributed by atoms with Crippen molar-refractivity contribution in [2.24, 2.45) is 0 Å². The molecule has 0 atom stereocenters. The summed E-state index contributed by atoms with van der Waals surface area (Å²) in [6.07, 6.45) is 11.6. The SMILES string of the molecule is CCCCCCCCCCCC(=O)Nc1ccc(NC(=O)c2cc(-c3ccc(OC)cc3)nc3c(C)cccc23)cc1. The van der Waals surface area contributed by atoms with Gasteiger partial charge in [0.25, 0.3) is 5.91 Å². The summed E-state index contributed by atoms with van der Waals surface area (Å²) in [6, 6.07) is 22.6. The van der Waals surface area contributed by atoms with Gasteiger partial charge in [0.15, 0.2) is 0 Å². The number of unbranched alkanes of at least 4 members (excludes halogenated alkanes) is 8. The van der Waals surface area contributed by atoms with Crippen LogP contribution in [-0.2, 0) is 4.79 Å². The molecule has 0 spiro atoms. The highest BCUT2D eigenvalue weighted by Crippen LogP contribution is 2.29. The predicted molar refractivity (Wildman–Crippen MR) is 173 cm³/mol. The highest BCUT2D eigenvalue weighted by molar-refractivity contribution is 6.13. The minimum atomic E-state index is -0.218. The molecule has 220 valence electrons. The van der Waals surface area contributed by atoms with Crippen molar-refractivity contribution >= 4 is 34.1 Å². The van der Waals surface area contributed by atoms with E-state index in [9.17, 15) is 9.59 Å². The Morgan fingerprint density at radius 1 is 0.762 bits per heavy atom. The molecule has 6 heteroatoms. The van der Waals surface area contributed by atoms with Crippen molar-refractivity contribution in [3.8, 4) is 17.0 Å². The molecule has 4 rings (SSSR count). The zero-order valence-electron chi connectivity index (χ0n) is 25.2. The molecular weight excluding hydrogens is 522 g/mol. The van der Waals surface area contributed by atoms with E-state index in [0.29, 0.717) is 17.7 Å². The van der Waals surface area contributed by atoms with Crippen molar-refractivity contribution < 1.29 is 14.3 Å². The maximum atomic E-state index is 13.5. The number of amides is 2. The molecule has 6 nitrogen and oxygen atoms in total. The molecule has 0 saturated carbocycles. The van der Waals surface area contributed by atoms with Crippen LogP contribution in [0.3, 0.4) is 0 Å². The standard InChI is InChI=1S/C36H43N3O3/c1-4-5-6-7-8-9-10-11-12-16-34(40)37-28-19-21-29(22-20-28)38-36(41)32-25-33(27-17-23-30(42-3)24-18-27)39-35-26(2)14-13-15-31(32)35/h13-15,17-25H,4-12,16H2,1-3H3,(H,37,40)(H,38,41). The zero-order valence-corrected chi connectivity index (χ0v) is 25.2. The van der Waals surface area contributed by atoms with E-state index < -0.39 is 0 Å². The molecule has 0 unspecified atom stereocenters. The van der Waals surface area contributed by atoms with Gasteiger partial charge < -0.3 is 15.4 Å². The van der Waals surface area contributed by atoms with Crippen LogP contribution in [0.25, 0.3) is 22.2 Å². The highest BCUT2D eigenvalue weighted by Gasteiger charge is 2.16. The Hall–Kier alpha value is -4.19. The molecule has 1 aromatic heterocycles. The Kier molecular flexibility index (Phi) is 11.5. The van der Waals surface area contributed by atoms with Crippen molar-refractivity contribution in [2.45, 2.75) is 78.1 Å². The first-order valence-electron chi connectivity index (χ1n) is 15.2. The Balaban J connectivity index is 1.35. The molecule has 2 N–H and O–H groups in total. The van der Waals surface area contributed by atoms with E-state index in [1.807, 2.05) is 79.7 Å². The molecule has 1 heterocycles. The summed E-state index contributed by atoms with van der Waals surface area (Å²) in [5, 5.41) is 6.79. The number of carbonyl (C=O) groups is 2. The number of nitrogens with zero attached hydrogens (tertiary/aromatic N) is 1. The number of aromatic nitrogens is 1. The minimum absolute atomic E-state index is 0.0272. The van der Waals surface area contributed by atoms with Gasteiger partial charge in [-0.25, -0.2) is 4.98 Å². The maximum absolute atomic E-state index is 13.5. The van der Waals surface area contributed by atoms with E-state index >= 15 is 0 Å². The van der Waals surface area contributed by atoms with Gasteiger partial charge in [-0.05, 0) is 73.5 Å². The molecule has 42 heavy (non-hydrogen) atoms. The van der Waals surface area contributed by atoms with Crippen molar-refractivity contribution in [3.63, 3.8) is 0 Å². The molecular formula is C36H43N3O3. The predicted octanol–water partition coefficient (Wildman–Crippen LogP) is 9.33. The van der Waals surface area contributed by atoms with Crippen molar-refractivity contribution in [3.05, 3.63) is 83.9 Å². The number of fused-ring (bicyclic) bond motifs is 1. The molecule has 0 aliphatic heterocycles. The van der Waals surface area contributed by atoms with E-state index in [4.69, 9.17) is 9.72 Å². The Bertz CT molecular complexity index is 1460. The topological polar surface area (TPSA) is 80.3 Å². The average molecular weight is 566 g/mol. The fourth-order valence-corrected chi connectivity index (χ4v) is 5.14. The molecule has 0 saturated heterocycles. The quantitative estimate of drug-likeness (QED) is 0.141. The lowest BCUT2D eigenvalue weighted by Gasteiger charge is -2.13. The van der Waals surface area contributed by atoms with Crippen LogP contribution in [0, 0.1) is 6.92 Å². The van der Waals surface area contributed by atoms with Crippen LogP contribution in [0.15, 0.2) is 72.8 Å². The number of benzene rings is 3. The second-order valence-electron chi connectivity index (χ2n) is 10.9. The molecule has 2 amide bonds. The number of nitrogens with one attached hydrogen (secondary N) is 2. The zero-order chi connectivity index (χ0) is 29.7. The van der Waals surface area contributed by atoms with E-state index in [1.54, 1.807) is 7.11 Å². The summed E-state index contributed by atoms with van der Waals surface area (Å²) in [4.78, 5) is 30.8. The van der Waals surface area contributed by atoms with Crippen LogP contribution in [0.5, 0.6) is 5.75 Å². The number of para-hydroxylation sites is 1. The largest absolute Gasteiger partial charge is 0.497 e. The molecule has 3 aromatic carbocycles. The number of hydrogen-bond acceptors (Lipinski definition) is 4. The van der Waals surface area contributed by atoms with Gasteiger partial charge in [-0.3, -0.25) is 9.59 Å². The highest BCUT2D eigenvalue weighted by atomic mass is 16.5. The first-order valence-corrected chi connectivity index (χ1v) is 15.2. The summed E-state index contributed by atoms with van der Waals surface area (Å²) in [5.74, 6) is 0.571. The number of pyridine rings is 1. The molecule has 0 aliphatic carbocycles. The van der Waals surface area contributed by atoms with E-state index in [-0.39, 0.29) is 11.8 Å². The van der Waals surface area contributed by atoms with Gasteiger partial charge in [0, 0.05) is 28.7 Å². The van der Waals surface area contributed by atoms with Crippen LogP contribution >= 0.6 is 0 Å². The Morgan fingerprint density at radius 2 is 1.38 bits per heavy atom. The van der Waals surface area contributed by atoms with Gasteiger partial charge in [-0.1, -0.05) is 76.5 Å². The van der Waals surface area contributed by atoms with Gasteiger partial charge in [-0.2, -0.15) is 0 Å². The number of aryl methyl sites for hydroxylation is 1. The first kappa shape index (κ1) is 30.8. The smallest absolute Gasteiger partial charge is 0.256 e. The number of carbonyl (C=O) groups excluding carboxylic acids is 2. The molecule has 0 radical (unpaired) electrons. The second kappa shape index (κ2) is 15.7. The lowest BCUT2D eigenvalue weighted by atomic mass is 10.0. The van der Waals surface area contributed by atoms with Gasteiger partial charge in [0.2, 0.25) is 5.91 Å². The summed E-state index contributed by atoms with van der Waals surface area (Å²) < 4.78 is 5.29. The molecule has 4 aromatic rings. The second-order valence-corrected chi connectivity index (χ2v) is 10.9. The summed E-state index contributed by atoms with van der Waals surface area (Å²) >= 11 is 0. The number of hydrogen-bond donors (Lipinski definition) is 2.